The molecule has 0 saturated carbocycles. The zero-order chi connectivity index (χ0) is 18.0. The second-order valence-corrected chi connectivity index (χ2v) is 5.64. The minimum absolute atomic E-state index is 0.147. The first kappa shape index (κ1) is 16.5. The van der Waals surface area contributed by atoms with Gasteiger partial charge < -0.3 is 10.1 Å². The minimum Gasteiger partial charge on any atom is -0.497 e. The third-order valence-corrected chi connectivity index (χ3v) is 3.83. The highest BCUT2D eigenvalue weighted by molar-refractivity contribution is 6.02. The average Bonchev–Trinajstić information content (AvgIpc) is 3.00. The Morgan fingerprint density at radius 3 is 2.56 bits per heavy atom. The van der Waals surface area contributed by atoms with Crippen molar-refractivity contribution in [3.8, 4) is 11.4 Å². The van der Waals surface area contributed by atoms with Crippen molar-refractivity contribution < 1.29 is 18.7 Å². The third kappa shape index (κ3) is 3.30. The highest BCUT2D eigenvalue weighted by atomic mass is 16.5. The largest absolute Gasteiger partial charge is 0.497 e. The third-order valence-electron chi connectivity index (χ3n) is 3.83. The molecule has 0 radical (unpaired) electrons. The number of hydrogen-bond donors (Lipinski definition) is 2. The maximum absolute atomic E-state index is 12.6. The number of ether oxygens (including phenoxy) is 1. The Kier molecular flexibility index (Phi) is 4.38. The van der Waals surface area contributed by atoms with Crippen molar-refractivity contribution >= 4 is 11.6 Å². The molecule has 2 aromatic carbocycles. The van der Waals surface area contributed by atoms with E-state index in [9.17, 15) is 9.59 Å². The summed E-state index contributed by atoms with van der Waals surface area (Å²) < 4.78 is 11.2. The smallest absolute Gasteiger partial charge is 0.441 e. The van der Waals surface area contributed by atoms with Gasteiger partial charge in [0.05, 0.1) is 7.11 Å². The molecule has 0 unspecified atom stereocenters. The number of aromatic nitrogens is 2. The molecule has 0 aliphatic heterocycles. The Bertz CT molecular complexity index is 971. The normalized spacial score (nSPS) is 10.5. The monoisotopic (exact) mass is 340 g/mol. The van der Waals surface area contributed by atoms with Crippen LogP contribution in [-0.4, -0.2) is 18.3 Å². The number of hydrogen-bond acceptors (Lipinski definition) is 4. The van der Waals surface area contributed by atoms with Crippen LogP contribution in [0.15, 0.2) is 51.8 Å². The lowest BCUT2D eigenvalue weighted by Crippen LogP contribution is -2.42. The summed E-state index contributed by atoms with van der Waals surface area (Å²) in [5.41, 5.74) is 2.22. The Morgan fingerprint density at radius 1 is 1.16 bits per heavy atom. The summed E-state index contributed by atoms with van der Waals surface area (Å²) in [6, 6.07) is 12.6. The fourth-order valence-electron chi connectivity index (χ4n) is 2.43. The van der Waals surface area contributed by atoms with Crippen molar-refractivity contribution in [2.75, 3.05) is 12.4 Å². The van der Waals surface area contributed by atoms with Crippen molar-refractivity contribution in [2.45, 2.75) is 13.8 Å². The van der Waals surface area contributed by atoms with E-state index in [1.165, 1.54) is 4.68 Å². The van der Waals surface area contributed by atoms with Crippen LogP contribution >= 0.6 is 0 Å². The number of H-pyrrole nitrogens is 1. The fourth-order valence-corrected chi connectivity index (χ4v) is 2.43. The number of aromatic amines is 1. The lowest BCUT2D eigenvalue weighted by Gasteiger charge is -2.06. The van der Waals surface area contributed by atoms with Gasteiger partial charge in [0, 0.05) is 17.8 Å². The second kappa shape index (κ2) is 6.64. The molecule has 2 N–H and O–H groups in total. The first-order valence-corrected chi connectivity index (χ1v) is 7.66. The Hall–Kier alpha value is -3.35. The van der Waals surface area contributed by atoms with Crippen molar-refractivity contribution in [3.63, 3.8) is 0 Å². The van der Waals surface area contributed by atoms with E-state index in [-0.39, 0.29) is 5.69 Å². The molecule has 0 spiro atoms. The van der Waals surface area contributed by atoms with Crippen LogP contribution in [0.4, 0.5) is 5.69 Å². The van der Waals surface area contributed by atoms with Crippen molar-refractivity contribution in [3.05, 3.63) is 69.7 Å². The van der Waals surface area contributed by atoms with Crippen molar-refractivity contribution in [1.82, 2.24) is 5.27 Å². The van der Waals surface area contributed by atoms with Gasteiger partial charge in [0.25, 0.3) is 0 Å². The standard InChI is InChI=1S/C18H17N3O4/c1-11-4-5-12(2)15(10-11)19-17(22)16-18(23)25-20-21(16)13-6-8-14(24-3)9-7-13/h4-10H,1-3H3,(H-,19,20,22,23)/p+1. The molecule has 0 bridgehead atoms. The van der Waals surface area contributed by atoms with Crippen molar-refractivity contribution in [1.29, 1.82) is 0 Å². The summed E-state index contributed by atoms with van der Waals surface area (Å²) in [5, 5.41) is 5.21. The Morgan fingerprint density at radius 2 is 1.88 bits per heavy atom. The molecule has 3 rings (SSSR count). The molecule has 25 heavy (non-hydrogen) atoms. The molecular formula is C18H18N3O4+. The zero-order valence-electron chi connectivity index (χ0n) is 14.1. The number of anilines is 1. The van der Waals surface area contributed by atoms with Gasteiger partial charge in [0.15, 0.2) is 0 Å². The van der Waals surface area contributed by atoms with E-state index >= 15 is 0 Å². The molecule has 0 atom stereocenters. The molecule has 3 aromatic rings. The fraction of sp³-hybridized carbons (Fsp3) is 0.167. The number of nitrogens with one attached hydrogen (secondary N) is 2. The molecule has 7 nitrogen and oxygen atoms in total. The van der Waals surface area contributed by atoms with E-state index in [1.54, 1.807) is 31.4 Å². The van der Waals surface area contributed by atoms with Crippen LogP contribution in [0.25, 0.3) is 5.69 Å². The maximum atomic E-state index is 12.6. The molecular weight excluding hydrogens is 322 g/mol. The molecule has 0 aliphatic rings. The van der Waals surface area contributed by atoms with E-state index in [0.29, 0.717) is 17.1 Å². The number of amides is 1. The van der Waals surface area contributed by atoms with Gasteiger partial charge in [-0.3, -0.25) is 9.32 Å². The van der Waals surface area contributed by atoms with Gasteiger partial charge in [-0.1, -0.05) is 12.1 Å². The zero-order valence-corrected chi connectivity index (χ0v) is 14.1. The quantitative estimate of drug-likeness (QED) is 0.712. The van der Waals surface area contributed by atoms with Crippen LogP contribution in [0, 0.1) is 13.8 Å². The van der Waals surface area contributed by atoms with Gasteiger partial charge in [0.1, 0.15) is 5.75 Å². The van der Waals surface area contributed by atoms with Crippen LogP contribution < -0.4 is 20.4 Å². The van der Waals surface area contributed by atoms with E-state index in [0.717, 1.165) is 11.1 Å². The number of rotatable bonds is 4. The topological polar surface area (TPSA) is 88.2 Å². The van der Waals surface area contributed by atoms with Gasteiger partial charge in [-0.25, -0.2) is 4.79 Å². The van der Waals surface area contributed by atoms with E-state index in [2.05, 4.69) is 10.6 Å². The highest BCUT2D eigenvalue weighted by Gasteiger charge is 2.31. The molecule has 0 saturated heterocycles. The average molecular weight is 340 g/mol. The molecule has 128 valence electrons. The summed E-state index contributed by atoms with van der Waals surface area (Å²) in [6.45, 7) is 3.81. The van der Waals surface area contributed by atoms with Crippen LogP contribution in [-0.2, 0) is 0 Å². The second-order valence-electron chi connectivity index (χ2n) is 5.64. The van der Waals surface area contributed by atoms with Gasteiger partial charge in [-0.2, -0.15) is 0 Å². The summed E-state index contributed by atoms with van der Waals surface area (Å²) in [5.74, 6) is 0.107. The minimum atomic E-state index is -0.751. The van der Waals surface area contributed by atoms with Gasteiger partial charge in [0.2, 0.25) is 5.69 Å². The Labute approximate surface area is 143 Å². The molecule has 7 heteroatoms. The summed E-state index contributed by atoms with van der Waals surface area (Å²) in [6.07, 6.45) is 0. The highest BCUT2D eigenvalue weighted by Crippen LogP contribution is 2.17. The first-order valence-electron chi connectivity index (χ1n) is 7.66. The number of benzene rings is 2. The number of carbonyl (C=O) groups is 1. The molecule has 0 aliphatic carbocycles. The predicted octanol–water partition coefficient (Wildman–Crippen LogP) is 2.12. The summed E-state index contributed by atoms with van der Waals surface area (Å²) in [4.78, 5) is 24.7. The first-order chi connectivity index (χ1) is 12.0. The number of aryl methyl sites for hydroxylation is 2. The van der Waals surface area contributed by atoms with Crippen LogP contribution in [0.2, 0.25) is 0 Å². The molecule has 0 fully saturated rings. The molecule has 1 amide bonds. The van der Waals surface area contributed by atoms with Crippen molar-refractivity contribution in [2.24, 2.45) is 0 Å². The van der Waals surface area contributed by atoms with E-state index < -0.39 is 11.5 Å². The van der Waals surface area contributed by atoms with Crippen LogP contribution in [0.3, 0.4) is 0 Å². The van der Waals surface area contributed by atoms with Crippen LogP contribution in [0.5, 0.6) is 5.75 Å². The van der Waals surface area contributed by atoms with E-state index in [1.807, 2.05) is 32.0 Å². The maximum Gasteiger partial charge on any atom is 0.441 e. The van der Waals surface area contributed by atoms with Crippen LogP contribution in [0.1, 0.15) is 21.6 Å². The lowest BCUT2D eigenvalue weighted by atomic mass is 10.1. The molecule has 1 aromatic heterocycles. The van der Waals surface area contributed by atoms with E-state index in [4.69, 9.17) is 9.26 Å². The lowest BCUT2D eigenvalue weighted by molar-refractivity contribution is -0.672. The predicted molar refractivity (Wildman–Crippen MR) is 91.3 cm³/mol. The summed E-state index contributed by atoms with van der Waals surface area (Å²) >= 11 is 0. The number of carbonyl (C=O) groups excluding carboxylic acids is 1. The SMILES string of the molecule is COc1ccc(-[n+]2[nH]oc(=O)c2C(=O)Nc2cc(C)ccc2C)cc1. The van der Waals surface area contributed by atoms with Gasteiger partial charge in [-0.15, -0.1) is 0 Å². The summed E-state index contributed by atoms with van der Waals surface area (Å²) in [7, 11) is 1.56. The number of nitrogens with zero attached hydrogens (tertiary/aromatic N) is 1. The van der Waals surface area contributed by atoms with Gasteiger partial charge >= 0.3 is 17.2 Å². The Balaban J connectivity index is 1.96. The molecule has 1 heterocycles. The number of methoxy groups -OCH3 is 1. The van der Waals surface area contributed by atoms with Gasteiger partial charge in [-0.05, 0) is 53.1 Å².